The van der Waals surface area contributed by atoms with Crippen molar-refractivity contribution >= 4 is 17.5 Å². The highest BCUT2D eigenvalue weighted by atomic mass is 16.5. The second kappa shape index (κ2) is 6.97. The monoisotopic (exact) mass is 338 g/mol. The Labute approximate surface area is 147 Å². The van der Waals surface area contributed by atoms with E-state index < -0.39 is 0 Å². The molecule has 25 heavy (non-hydrogen) atoms. The number of rotatable bonds is 6. The molecule has 0 bridgehead atoms. The van der Waals surface area contributed by atoms with Crippen LogP contribution in [0.2, 0.25) is 0 Å². The number of anilines is 1. The van der Waals surface area contributed by atoms with Crippen LogP contribution in [0.3, 0.4) is 0 Å². The van der Waals surface area contributed by atoms with Crippen molar-refractivity contribution in [3.8, 4) is 5.75 Å². The van der Waals surface area contributed by atoms with Gasteiger partial charge in [0, 0.05) is 30.1 Å². The van der Waals surface area contributed by atoms with Crippen molar-refractivity contribution in [1.29, 1.82) is 0 Å². The maximum absolute atomic E-state index is 12.4. The Kier molecular flexibility index (Phi) is 4.74. The first-order valence-electron chi connectivity index (χ1n) is 8.33. The summed E-state index contributed by atoms with van der Waals surface area (Å²) in [4.78, 5) is 23.6. The van der Waals surface area contributed by atoms with E-state index in [0.29, 0.717) is 17.8 Å². The van der Waals surface area contributed by atoms with E-state index in [-0.39, 0.29) is 17.2 Å². The van der Waals surface area contributed by atoms with E-state index in [9.17, 15) is 9.59 Å². The number of carbonyl (C=O) groups is 2. The Bertz CT molecular complexity index is 780. The molecule has 2 N–H and O–H groups in total. The third-order valence-corrected chi connectivity index (χ3v) is 4.59. The quantitative estimate of drug-likeness (QED) is 0.850. The Morgan fingerprint density at radius 2 is 1.84 bits per heavy atom. The van der Waals surface area contributed by atoms with Crippen molar-refractivity contribution in [2.45, 2.75) is 25.2 Å². The third kappa shape index (κ3) is 3.99. The lowest BCUT2D eigenvalue weighted by Crippen LogP contribution is -2.32. The zero-order valence-electron chi connectivity index (χ0n) is 14.5. The molecular weight excluding hydrogens is 316 g/mol. The highest BCUT2D eigenvalue weighted by Gasteiger charge is 2.44. The summed E-state index contributed by atoms with van der Waals surface area (Å²) in [6, 6.07) is 15.0. The van der Waals surface area contributed by atoms with Gasteiger partial charge in [0.25, 0.3) is 5.91 Å². The molecule has 0 saturated heterocycles. The number of ether oxygens (including phenoxy) is 1. The summed E-state index contributed by atoms with van der Waals surface area (Å²) in [7, 11) is 1.65. The van der Waals surface area contributed by atoms with Crippen LogP contribution in [0.25, 0.3) is 0 Å². The van der Waals surface area contributed by atoms with Crippen LogP contribution in [0.5, 0.6) is 5.75 Å². The van der Waals surface area contributed by atoms with Crippen LogP contribution in [-0.4, -0.2) is 25.5 Å². The minimum Gasteiger partial charge on any atom is -0.497 e. The maximum Gasteiger partial charge on any atom is 0.251 e. The van der Waals surface area contributed by atoms with Gasteiger partial charge < -0.3 is 15.4 Å². The molecule has 1 aliphatic carbocycles. The molecular formula is C20H22N2O3. The van der Waals surface area contributed by atoms with Gasteiger partial charge in [-0.3, -0.25) is 9.59 Å². The molecule has 2 amide bonds. The number of carbonyl (C=O) groups excluding carboxylic acids is 2. The van der Waals surface area contributed by atoms with Crippen LogP contribution in [0.1, 0.15) is 35.7 Å². The van der Waals surface area contributed by atoms with Gasteiger partial charge in [-0.1, -0.05) is 18.2 Å². The van der Waals surface area contributed by atoms with Gasteiger partial charge in [-0.05, 0) is 48.7 Å². The van der Waals surface area contributed by atoms with Gasteiger partial charge >= 0.3 is 0 Å². The number of hydrogen-bond donors (Lipinski definition) is 2. The summed E-state index contributed by atoms with van der Waals surface area (Å²) < 4.78 is 5.20. The van der Waals surface area contributed by atoms with Crippen molar-refractivity contribution in [3.63, 3.8) is 0 Å². The van der Waals surface area contributed by atoms with Crippen molar-refractivity contribution in [2.24, 2.45) is 0 Å². The number of amides is 2. The smallest absolute Gasteiger partial charge is 0.251 e. The van der Waals surface area contributed by atoms with Gasteiger partial charge in [-0.25, -0.2) is 0 Å². The SMILES string of the molecule is COc1ccc(C2(CNC(=O)c3cccc(NC(C)=O)c3)CC2)cc1. The highest BCUT2D eigenvalue weighted by molar-refractivity contribution is 5.96. The molecule has 2 aromatic rings. The summed E-state index contributed by atoms with van der Waals surface area (Å²) >= 11 is 0. The molecule has 0 aliphatic heterocycles. The molecule has 0 heterocycles. The fourth-order valence-corrected chi connectivity index (χ4v) is 2.96. The first-order chi connectivity index (χ1) is 12.0. The lowest BCUT2D eigenvalue weighted by molar-refractivity contribution is -0.114. The molecule has 2 aromatic carbocycles. The topological polar surface area (TPSA) is 67.4 Å². The Hall–Kier alpha value is -2.82. The molecule has 0 spiro atoms. The molecule has 0 unspecified atom stereocenters. The van der Waals surface area contributed by atoms with Crippen LogP contribution in [0.15, 0.2) is 48.5 Å². The largest absolute Gasteiger partial charge is 0.497 e. The van der Waals surface area contributed by atoms with E-state index in [1.807, 2.05) is 12.1 Å². The van der Waals surface area contributed by atoms with Gasteiger partial charge in [-0.2, -0.15) is 0 Å². The average molecular weight is 338 g/mol. The summed E-state index contributed by atoms with van der Waals surface area (Å²) in [5.41, 5.74) is 2.41. The van der Waals surface area contributed by atoms with E-state index in [2.05, 4.69) is 22.8 Å². The molecule has 130 valence electrons. The van der Waals surface area contributed by atoms with Crippen LogP contribution in [0, 0.1) is 0 Å². The average Bonchev–Trinajstić information content (AvgIpc) is 3.40. The zero-order chi connectivity index (χ0) is 17.9. The predicted octanol–water partition coefficient (Wildman–Crippen LogP) is 3.12. The summed E-state index contributed by atoms with van der Waals surface area (Å²) in [5.74, 6) is 0.541. The first kappa shape index (κ1) is 17.0. The van der Waals surface area contributed by atoms with E-state index in [4.69, 9.17) is 4.74 Å². The van der Waals surface area contributed by atoms with Crippen LogP contribution >= 0.6 is 0 Å². The maximum atomic E-state index is 12.4. The third-order valence-electron chi connectivity index (χ3n) is 4.59. The van der Waals surface area contributed by atoms with Gasteiger partial charge in [0.1, 0.15) is 5.75 Å². The summed E-state index contributed by atoms with van der Waals surface area (Å²) in [6.07, 6.45) is 2.12. The van der Waals surface area contributed by atoms with Gasteiger partial charge in [-0.15, -0.1) is 0 Å². The minimum absolute atomic E-state index is 0.0250. The molecule has 5 heteroatoms. The molecule has 0 radical (unpaired) electrons. The normalized spacial score (nSPS) is 14.5. The summed E-state index contributed by atoms with van der Waals surface area (Å²) in [6.45, 7) is 2.04. The van der Waals surface area contributed by atoms with Crippen LogP contribution < -0.4 is 15.4 Å². The van der Waals surface area contributed by atoms with E-state index in [1.165, 1.54) is 12.5 Å². The van der Waals surface area contributed by atoms with Gasteiger partial charge in [0.05, 0.1) is 7.11 Å². The number of benzene rings is 2. The van der Waals surface area contributed by atoms with Crippen molar-refractivity contribution in [2.75, 3.05) is 19.0 Å². The fourth-order valence-electron chi connectivity index (χ4n) is 2.96. The molecule has 0 atom stereocenters. The number of nitrogens with one attached hydrogen (secondary N) is 2. The number of methoxy groups -OCH3 is 1. The standard InChI is InChI=1S/C20H22N2O3/c1-14(23)22-17-5-3-4-15(12-17)19(24)21-13-20(10-11-20)16-6-8-18(25-2)9-7-16/h3-9,12H,10-11,13H2,1-2H3,(H,21,24)(H,22,23). The van der Waals surface area contributed by atoms with E-state index in [0.717, 1.165) is 18.6 Å². The first-order valence-corrected chi connectivity index (χ1v) is 8.33. The predicted molar refractivity (Wildman–Crippen MR) is 97.0 cm³/mol. The van der Waals surface area contributed by atoms with Gasteiger partial charge in [0.15, 0.2) is 0 Å². The van der Waals surface area contributed by atoms with Crippen LogP contribution in [0.4, 0.5) is 5.69 Å². The lowest BCUT2D eigenvalue weighted by atomic mass is 9.95. The Balaban J connectivity index is 1.64. The minimum atomic E-state index is -0.158. The Morgan fingerprint density at radius 3 is 2.44 bits per heavy atom. The molecule has 3 rings (SSSR count). The Morgan fingerprint density at radius 1 is 1.12 bits per heavy atom. The highest BCUT2D eigenvalue weighted by Crippen LogP contribution is 2.47. The molecule has 1 aliphatic rings. The molecule has 1 saturated carbocycles. The van der Waals surface area contributed by atoms with Crippen LogP contribution in [-0.2, 0) is 10.2 Å². The summed E-state index contributed by atoms with van der Waals surface area (Å²) in [5, 5.41) is 5.72. The zero-order valence-corrected chi connectivity index (χ0v) is 14.5. The molecule has 0 aromatic heterocycles. The van der Waals surface area contributed by atoms with Gasteiger partial charge in [0.2, 0.25) is 5.91 Å². The second-order valence-electron chi connectivity index (χ2n) is 6.45. The van der Waals surface area contributed by atoms with Crippen molar-refractivity contribution in [3.05, 3.63) is 59.7 Å². The van der Waals surface area contributed by atoms with Crippen molar-refractivity contribution < 1.29 is 14.3 Å². The van der Waals surface area contributed by atoms with E-state index in [1.54, 1.807) is 31.4 Å². The lowest BCUT2D eigenvalue weighted by Gasteiger charge is -2.17. The fraction of sp³-hybridized carbons (Fsp3) is 0.300. The van der Waals surface area contributed by atoms with Crippen molar-refractivity contribution in [1.82, 2.24) is 5.32 Å². The second-order valence-corrected chi connectivity index (χ2v) is 6.45. The molecule has 5 nitrogen and oxygen atoms in total. The van der Waals surface area contributed by atoms with E-state index >= 15 is 0 Å². The number of hydrogen-bond acceptors (Lipinski definition) is 3. The molecule has 1 fully saturated rings.